The molecule has 1 aliphatic heterocycles. The van der Waals surface area contributed by atoms with Gasteiger partial charge in [0.15, 0.2) is 0 Å². The van der Waals surface area contributed by atoms with Crippen LogP contribution in [-0.2, 0) is 9.78 Å². The lowest BCUT2D eigenvalue weighted by Crippen LogP contribution is -2.34. The van der Waals surface area contributed by atoms with Crippen LogP contribution in [0.2, 0.25) is 0 Å². The van der Waals surface area contributed by atoms with E-state index in [2.05, 4.69) is 34.6 Å². The van der Waals surface area contributed by atoms with Gasteiger partial charge in [0.25, 0.3) is 0 Å². The van der Waals surface area contributed by atoms with Crippen LogP contribution in [0.1, 0.15) is 34.6 Å². The third-order valence-corrected chi connectivity index (χ3v) is 2.71. The Hall–Kier alpha value is -0.0800. The van der Waals surface area contributed by atoms with Gasteiger partial charge in [0.2, 0.25) is 6.29 Å². The monoisotopic (exact) mass is 144 g/mol. The van der Waals surface area contributed by atoms with Gasteiger partial charge in [-0.1, -0.05) is 34.6 Å². The highest BCUT2D eigenvalue weighted by Gasteiger charge is 2.49. The van der Waals surface area contributed by atoms with Crippen molar-refractivity contribution < 1.29 is 9.78 Å². The van der Waals surface area contributed by atoms with Crippen LogP contribution in [0.3, 0.4) is 0 Å². The molecule has 0 unspecified atom stereocenters. The van der Waals surface area contributed by atoms with Crippen molar-refractivity contribution in [3.05, 3.63) is 0 Å². The van der Waals surface area contributed by atoms with Crippen LogP contribution < -0.4 is 0 Å². The molecule has 0 saturated carbocycles. The van der Waals surface area contributed by atoms with Gasteiger partial charge in [0, 0.05) is 5.41 Å². The van der Waals surface area contributed by atoms with Crippen LogP contribution in [0, 0.1) is 10.8 Å². The molecule has 0 atom stereocenters. The van der Waals surface area contributed by atoms with Gasteiger partial charge in [0.05, 0.1) is 0 Å². The van der Waals surface area contributed by atoms with E-state index in [1.54, 1.807) is 0 Å². The highest BCUT2D eigenvalue weighted by Crippen LogP contribution is 2.47. The van der Waals surface area contributed by atoms with Crippen LogP contribution in [0.25, 0.3) is 0 Å². The second kappa shape index (κ2) is 1.95. The lowest BCUT2D eigenvalue weighted by Gasteiger charge is -2.35. The molecular weight excluding hydrogens is 128 g/mol. The smallest absolute Gasteiger partial charge is 0.198 e. The minimum Gasteiger partial charge on any atom is -0.198 e. The van der Waals surface area contributed by atoms with E-state index in [-0.39, 0.29) is 17.1 Å². The maximum Gasteiger partial charge on any atom is 0.230 e. The fraction of sp³-hybridized carbons (Fsp3) is 1.00. The summed E-state index contributed by atoms with van der Waals surface area (Å²) in [5.74, 6) is 0. The molecule has 0 radical (unpaired) electrons. The van der Waals surface area contributed by atoms with Crippen LogP contribution in [0.4, 0.5) is 0 Å². The van der Waals surface area contributed by atoms with Gasteiger partial charge in [-0.2, -0.15) is 9.78 Å². The highest BCUT2D eigenvalue weighted by atomic mass is 17.4. The van der Waals surface area contributed by atoms with Crippen molar-refractivity contribution in [1.82, 2.24) is 0 Å². The third kappa shape index (κ3) is 1.18. The molecule has 2 heteroatoms. The van der Waals surface area contributed by atoms with Crippen molar-refractivity contribution in [1.29, 1.82) is 0 Å². The molecule has 1 aliphatic rings. The zero-order valence-corrected chi connectivity index (χ0v) is 7.39. The first-order chi connectivity index (χ1) is 4.36. The molecule has 1 saturated heterocycles. The van der Waals surface area contributed by atoms with Crippen molar-refractivity contribution in [2.24, 2.45) is 10.8 Å². The number of hydrogen-bond acceptors (Lipinski definition) is 2. The van der Waals surface area contributed by atoms with Gasteiger partial charge >= 0.3 is 0 Å². The maximum absolute atomic E-state index is 4.80. The Morgan fingerprint density at radius 2 is 1.30 bits per heavy atom. The van der Waals surface area contributed by atoms with Gasteiger partial charge in [-0.05, 0) is 5.41 Å². The van der Waals surface area contributed by atoms with Crippen molar-refractivity contribution >= 4 is 0 Å². The fourth-order valence-electron chi connectivity index (χ4n) is 0.622. The quantitative estimate of drug-likeness (QED) is 0.417. The average molecular weight is 144 g/mol. The Morgan fingerprint density at radius 3 is 1.40 bits per heavy atom. The fourth-order valence-corrected chi connectivity index (χ4v) is 0.622. The van der Waals surface area contributed by atoms with E-state index in [1.807, 2.05) is 0 Å². The zero-order valence-electron chi connectivity index (χ0n) is 7.39. The SMILES string of the molecule is CC(C)(C)C(C)(C)C1OO1. The molecule has 1 fully saturated rings. The molecule has 0 bridgehead atoms. The van der Waals surface area contributed by atoms with Crippen LogP contribution in [-0.4, -0.2) is 6.29 Å². The summed E-state index contributed by atoms with van der Waals surface area (Å²) in [4.78, 5) is 9.60. The van der Waals surface area contributed by atoms with E-state index >= 15 is 0 Å². The first kappa shape index (κ1) is 8.02. The van der Waals surface area contributed by atoms with E-state index in [0.29, 0.717) is 0 Å². The Balaban J connectivity index is 2.66. The second-order valence-electron chi connectivity index (χ2n) is 4.50. The summed E-state index contributed by atoms with van der Waals surface area (Å²) >= 11 is 0. The molecule has 0 amide bonds. The topological polar surface area (TPSA) is 25.1 Å². The van der Waals surface area contributed by atoms with Crippen molar-refractivity contribution in [3.8, 4) is 0 Å². The van der Waals surface area contributed by atoms with E-state index in [0.717, 1.165) is 0 Å². The minimum atomic E-state index is 0.00694. The molecule has 0 aromatic carbocycles. The normalized spacial score (nSPS) is 21.3. The molecule has 0 N–H and O–H groups in total. The summed E-state index contributed by atoms with van der Waals surface area (Å²) < 4.78 is 0. The molecule has 0 aromatic heterocycles. The standard InChI is InChI=1S/C8H16O2/c1-7(2,3)8(4,5)6-9-10-6/h6H,1-5H3. The van der Waals surface area contributed by atoms with Crippen molar-refractivity contribution in [2.75, 3.05) is 0 Å². The number of hydrogen-bond donors (Lipinski definition) is 0. The molecule has 10 heavy (non-hydrogen) atoms. The predicted octanol–water partition coefficient (Wildman–Crippen LogP) is 2.35. The highest BCUT2D eigenvalue weighted by molar-refractivity contribution is 4.86. The van der Waals surface area contributed by atoms with E-state index in [1.165, 1.54) is 0 Å². The minimum absolute atomic E-state index is 0.00694. The van der Waals surface area contributed by atoms with Crippen LogP contribution in [0.5, 0.6) is 0 Å². The lowest BCUT2D eigenvalue weighted by molar-refractivity contribution is 0.0850. The van der Waals surface area contributed by atoms with Crippen molar-refractivity contribution in [2.45, 2.75) is 40.9 Å². The molecule has 0 aromatic rings. The summed E-state index contributed by atoms with van der Waals surface area (Å²) in [6.07, 6.45) is 0.00694. The van der Waals surface area contributed by atoms with Crippen molar-refractivity contribution in [3.63, 3.8) is 0 Å². The lowest BCUT2D eigenvalue weighted by atomic mass is 9.69. The molecular formula is C8H16O2. The Labute approximate surface area is 62.4 Å². The summed E-state index contributed by atoms with van der Waals surface area (Å²) in [7, 11) is 0. The Morgan fingerprint density at radius 1 is 0.900 bits per heavy atom. The largest absolute Gasteiger partial charge is 0.230 e. The average Bonchev–Trinajstić information content (AvgIpc) is 2.38. The summed E-state index contributed by atoms with van der Waals surface area (Å²) in [5.41, 5.74) is 0.334. The number of rotatable bonds is 1. The van der Waals surface area contributed by atoms with E-state index in [4.69, 9.17) is 9.78 Å². The predicted molar refractivity (Wildman–Crippen MR) is 39.2 cm³/mol. The van der Waals surface area contributed by atoms with Gasteiger partial charge < -0.3 is 0 Å². The first-order valence-corrected chi connectivity index (χ1v) is 3.68. The first-order valence-electron chi connectivity index (χ1n) is 3.68. The van der Waals surface area contributed by atoms with Gasteiger partial charge in [0.1, 0.15) is 0 Å². The third-order valence-electron chi connectivity index (χ3n) is 2.71. The molecule has 0 spiro atoms. The molecule has 1 heterocycles. The van der Waals surface area contributed by atoms with Gasteiger partial charge in [-0.15, -0.1) is 0 Å². The van der Waals surface area contributed by atoms with E-state index < -0.39 is 0 Å². The van der Waals surface area contributed by atoms with Crippen LogP contribution in [0.15, 0.2) is 0 Å². The van der Waals surface area contributed by atoms with Gasteiger partial charge in [-0.3, -0.25) is 0 Å². The summed E-state index contributed by atoms with van der Waals surface area (Å²) in [5, 5.41) is 0. The van der Waals surface area contributed by atoms with Crippen LogP contribution >= 0.6 is 0 Å². The zero-order chi connectivity index (χ0) is 7.99. The van der Waals surface area contributed by atoms with E-state index in [9.17, 15) is 0 Å². The Bertz CT molecular complexity index is 129. The maximum atomic E-state index is 4.80. The molecule has 60 valence electrons. The molecule has 1 rings (SSSR count). The second-order valence-corrected chi connectivity index (χ2v) is 4.50. The summed E-state index contributed by atoms with van der Waals surface area (Å²) in [6, 6.07) is 0. The molecule has 2 nitrogen and oxygen atoms in total. The Kier molecular flexibility index (Phi) is 1.57. The molecule has 0 aliphatic carbocycles. The summed E-state index contributed by atoms with van der Waals surface area (Å²) in [6.45, 7) is 10.9. The van der Waals surface area contributed by atoms with Gasteiger partial charge in [-0.25, -0.2) is 0 Å².